The maximum atomic E-state index is 13.6. The second-order valence-corrected chi connectivity index (χ2v) is 6.61. The van der Waals surface area contributed by atoms with Gasteiger partial charge >= 0.3 is 0 Å². The summed E-state index contributed by atoms with van der Waals surface area (Å²) in [6, 6.07) is 9.99. The van der Waals surface area contributed by atoms with Crippen LogP contribution in [0.4, 0.5) is 15.8 Å². The lowest BCUT2D eigenvalue weighted by molar-refractivity contribution is -0.116. The van der Waals surface area contributed by atoms with Crippen molar-refractivity contribution < 1.29 is 17.6 Å². The van der Waals surface area contributed by atoms with Gasteiger partial charge in [-0.25, -0.2) is 12.8 Å². The van der Waals surface area contributed by atoms with Gasteiger partial charge in [0.15, 0.2) is 0 Å². The Morgan fingerprint density at radius 3 is 2.64 bits per heavy atom. The molecule has 2 aromatic carbocycles. The van der Waals surface area contributed by atoms with Crippen LogP contribution in [0, 0.1) is 5.82 Å². The van der Waals surface area contributed by atoms with Gasteiger partial charge in [0.05, 0.1) is 0 Å². The molecular weight excluding hydrogens is 307 g/mol. The predicted molar refractivity (Wildman–Crippen MR) is 80.6 cm³/mol. The highest BCUT2D eigenvalue weighted by molar-refractivity contribution is 7.92. The summed E-state index contributed by atoms with van der Waals surface area (Å²) in [4.78, 5) is 10.9. The molecule has 0 atom stereocenters. The van der Waals surface area contributed by atoms with Gasteiger partial charge in [0.25, 0.3) is 10.0 Å². The topological polar surface area (TPSA) is 75.3 Å². The summed E-state index contributed by atoms with van der Waals surface area (Å²) >= 11 is 0. The van der Waals surface area contributed by atoms with E-state index >= 15 is 0 Å². The average molecular weight is 320 g/mol. The monoisotopic (exact) mass is 320 g/mol. The van der Waals surface area contributed by atoms with E-state index in [-0.39, 0.29) is 5.91 Å². The quantitative estimate of drug-likeness (QED) is 0.912. The van der Waals surface area contributed by atoms with Gasteiger partial charge in [0.2, 0.25) is 5.91 Å². The number of carbonyl (C=O) groups excluding carboxylic acids is 1. The molecule has 2 aromatic rings. The van der Waals surface area contributed by atoms with Crippen molar-refractivity contribution in [1.82, 2.24) is 0 Å². The molecule has 0 radical (unpaired) electrons. The maximum Gasteiger partial charge on any atom is 0.264 e. The van der Waals surface area contributed by atoms with Gasteiger partial charge in [-0.15, -0.1) is 0 Å². The third-order valence-corrected chi connectivity index (χ3v) is 4.79. The molecule has 0 bridgehead atoms. The lowest BCUT2D eigenvalue weighted by Crippen LogP contribution is -2.19. The van der Waals surface area contributed by atoms with E-state index in [0.717, 1.165) is 11.6 Å². The number of benzene rings is 2. The summed E-state index contributed by atoms with van der Waals surface area (Å²) in [6.45, 7) is 0. The Balaban J connectivity index is 1.90. The average Bonchev–Trinajstić information content (AvgIpc) is 2.47. The van der Waals surface area contributed by atoms with Crippen LogP contribution in [0.1, 0.15) is 12.0 Å². The summed E-state index contributed by atoms with van der Waals surface area (Å²) in [5.74, 6) is -0.868. The molecule has 2 N–H and O–H groups in total. The zero-order valence-corrected chi connectivity index (χ0v) is 12.3. The Morgan fingerprint density at radius 2 is 1.86 bits per heavy atom. The first kappa shape index (κ1) is 14.5. The summed E-state index contributed by atoms with van der Waals surface area (Å²) in [6.07, 6.45) is 0.896. The van der Waals surface area contributed by atoms with E-state index in [4.69, 9.17) is 0 Å². The second-order valence-electron chi connectivity index (χ2n) is 4.96. The van der Waals surface area contributed by atoms with Crippen molar-refractivity contribution in [3.8, 4) is 0 Å². The molecule has 0 unspecified atom stereocenters. The number of carbonyl (C=O) groups is 1. The minimum Gasteiger partial charge on any atom is -0.326 e. The molecule has 22 heavy (non-hydrogen) atoms. The Labute approximate surface area is 127 Å². The molecule has 3 rings (SSSR count). The molecule has 5 nitrogen and oxygen atoms in total. The Morgan fingerprint density at radius 1 is 1.09 bits per heavy atom. The number of sulfonamides is 1. The molecule has 114 valence electrons. The standard InChI is InChI=1S/C15H13FN2O3S/c16-12-3-1-2-4-14(12)22(20,21)18-11-6-7-13-10(9-11)5-8-15(19)17-13/h1-4,6-7,9,18H,5,8H2,(H,17,19). The predicted octanol–water partition coefficient (Wildman–Crippen LogP) is 2.51. The number of hydrogen-bond acceptors (Lipinski definition) is 3. The number of nitrogens with one attached hydrogen (secondary N) is 2. The van der Waals surface area contributed by atoms with Crippen LogP contribution < -0.4 is 10.0 Å². The van der Waals surface area contributed by atoms with Crippen LogP contribution in [0.15, 0.2) is 47.4 Å². The van der Waals surface area contributed by atoms with Crippen LogP contribution >= 0.6 is 0 Å². The highest BCUT2D eigenvalue weighted by Gasteiger charge is 2.20. The van der Waals surface area contributed by atoms with Crippen LogP contribution in [0.25, 0.3) is 0 Å². The van der Waals surface area contributed by atoms with E-state index in [9.17, 15) is 17.6 Å². The van der Waals surface area contributed by atoms with E-state index in [1.807, 2.05) is 0 Å². The van der Waals surface area contributed by atoms with E-state index in [0.29, 0.717) is 24.2 Å². The van der Waals surface area contributed by atoms with Crippen LogP contribution in [0.5, 0.6) is 0 Å². The molecule has 0 aromatic heterocycles. The third kappa shape index (κ3) is 2.80. The van der Waals surface area contributed by atoms with E-state index in [1.165, 1.54) is 24.3 Å². The highest BCUT2D eigenvalue weighted by atomic mass is 32.2. The Bertz CT molecular complexity index is 850. The molecule has 0 aliphatic carbocycles. The van der Waals surface area contributed by atoms with Crippen molar-refractivity contribution in [3.05, 3.63) is 53.8 Å². The van der Waals surface area contributed by atoms with Crippen LogP contribution in [0.2, 0.25) is 0 Å². The van der Waals surface area contributed by atoms with Gasteiger partial charge in [0.1, 0.15) is 10.7 Å². The summed E-state index contributed by atoms with van der Waals surface area (Å²) < 4.78 is 40.4. The zero-order chi connectivity index (χ0) is 15.7. The molecule has 7 heteroatoms. The molecule has 0 saturated heterocycles. The van der Waals surface area contributed by atoms with Crippen LogP contribution in [-0.4, -0.2) is 14.3 Å². The fourth-order valence-corrected chi connectivity index (χ4v) is 3.45. The molecule has 1 heterocycles. The summed E-state index contributed by atoms with van der Waals surface area (Å²) in [7, 11) is -3.99. The minimum absolute atomic E-state index is 0.0628. The number of halogens is 1. The van der Waals surface area contributed by atoms with Crippen molar-refractivity contribution >= 4 is 27.3 Å². The summed E-state index contributed by atoms with van der Waals surface area (Å²) in [5.41, 5.74) is 1.84. The second kappa shape index (κ2) is 5.42. The van der Waals surface area contributed by atoms with Gasteiger partial charge in [-0.05, 0) is 42.3 Å². The molecule has 1 amide bonds. The maximum absolute atomic E-state index is 13.6. The number of aryl methyl sites for hydroxylation is 1. The molecule has 1 aliphatic rings. The van der Waals surface area contributed by atoms with Crippen molar-refractivity contribution in [3.63, 3.8) is 0 Å². The van der Waals surface area contributed by atoms with Gasteiger partial charge in [-0.1, -0.05) is 12.1 Å². The Kier molecular flexibility index (Phi) is 3.58. The van der Waals surface area contributed by atoms with Crippen molar-refractivity contribution in [2.45, 2.75) is 17.7 Å². The molecule has 0 spiro atoms. The largest absolute Gasteiger partial charge is 0.326 e. The SMILES string of the molecule is O=C1CCc2cc(NS(=O)(=O)c3ccccc3F)ccc2N1. The van der Waals surface area contributed by atoms with Crippen molar-refractivity contribution in [2.75, 3.05) is 10.0 Å². The lowest BCUT2D eigenvalue weighted by atomic mass is 10.0. The van der Waals surface area contributed by atoms with Gasteiger partial charge in [-0.2, -0.15) is 0 Å². The zero-order valence-electron chi connectivity index (χ0n) is 11.5. The van der Waals surface area contributed by atoms with E-state index in [2.05, 4.69) is 10.0 Å². The van der Waals surface area contributed by atoms with Crippen LogP contribution in [0.3, 0.4) is 0 Å². The van der Waals surface area contributed by atoms with Gasteiger partial charge < -0.3 is 5.32 Å². The number of hydrogen-bond donors (Lipinski definition) is 2. The lowest BCUT2D eigenvalue weighted by Gasteiger charge is -2.18. The number of fused-ring (bicyclic) bond motifs is 1. The van der Waals surface area contributed by atoms with E-state index < -0.39 is 20.7 Å². The van der Waals surface area contributed by atoms with Gasteiger partial charge in [-0.3, -0.25) is 9.52 Å². The molecule has 0 fully saturated rings. The van der Waals surface area contributed by atoms with Crippen molar-refractivity contribution in [2.24, 2.45) is 0 Å². The van der Waals surface area contributed by atoms with E-state index in [1.54, 1.807) is 12.1 Å². The Hall–Kier alpha value is -2.41. The van der Waals surface area contributed by atoms with Crippen LogP contribution in [-0.2, 0) is 21.2 Å². The number of amides is 1. The molecule has 0 saturated carbocycles. The minimum atomic E-state index is -3.99. The van der Waals surface area contributed by atoms with Crippen molar-refractivity contribution in [1.29, 1.82) is 0 Å². The highest BCUT2D eigenvalue weighted by Crippen LogP contribution is 2.27. The first-order chi connectivity index (χ1) is 10.5. The first-order valence-electron chi connectivity index (χ1n) is 6.66. The van der Waals surface area contributed by atoms with Gasteiger partial charge in [0, 0.05) is 17.8 Å². The summed E-state index contributed by atoms with van der Waals surface area (Å²) in [5, 5.41) is 2.71. The third-order valence-electron chi connectivity index (χ3n) is 3.38. The normalized spacial score (nSPS) is 14.1. The molecular formula is C15H13FN2O3S. The first-order valence-corrected chi connectivity index (χ1v) is 8.14. The smallest absolute Gasteiger partial charge is 0.264 e. The number of anilines is 2. The molecule has 1 aliphatic heterocycles. The fourth-order valence-electron chi connectivity index (χ4n) is 2.32. The fraction of sp³-hybridized carbons (Fsp3) is 0.133. The number of rotatable bonds is 3.